The van der Waals surface area contributed by atoms with E-state index in [4.69, 9.17) is 14.9 Å². The Labute approximate surface area is 155 Å². The number of ether oxygens (including phenoxy) is 1. The van der Waals surface area contributed by atoms with Gasteiger partial charge in [-0.2, -0.15) is 0 Å². The van der Waals surface area contributed by atoms with Gasteiger partial charge in [0.2, 0.25) is 0 Å². The lowest BCUT2D eigenvalue weighted by atomic mass is 9.92. The summed E-state index contributed by atoms with van der Waals surface area (Å²) in [6.45, 7) is 7.80. The first-order chi connectivity index (χ1) is 12.5. The van der Waals surface area contributed by atoms with Crippen LogP contribution in [0.3, 0.4) is 0 Å². The maximum atomic E-state index is 12.8. The van der Waals surface area contributed by atoms with E-state index < -0.39 is 0 Å². The van der Waals surface area contributed by atoms with E-state index in [0.29, 0.717) is 30.6 Å². The van der Waals surface area contributed by atoms with Crippen molar-refractivity contribution in [3.63, 3.8) is 0 Å². The molecule has 1 aromatic heterocycles. The number of benzene rings is 1. The summed E-state index contributed by atoms with van der Waals surface area (Å²) < 4.78 is 11.6. The number of piperidine rings is 1. The van der Waals surface area contributed by atoms with Gasteiger partial charge in [0.05, 0.1) is 0 Å². The molecule has 1 saturated heterocycles. The van der Waals surface area contributed by atoms with Crippen LogP contribution in [-0.2, 0) is 6.61 Å². The Kier molecular flexibility index (Phi) is 5.67. The highest BCUT2D eigenvalue weighted by molar-refractivity contribution is 5.91. The number of amides is 1. The molecule has 5 nitrogen and oxygen atoms in total. The van der Waals surface area contributed by atoms with Crippen LogP contribution in [0.1, 0.15) is 47.2 Å². The Hall–Kier alpha value is -2.27. The molecule has 5 heteroatoms. The first-order valence-corrected chi connectivity index (χ1v) is 9.27. The maximum Gasteiger partial charge on any atom is 0.289 e. The Morgan fingerprint density at radius 3 is 2.85 bits per heavy atom. The van der Waals surface area contributed by atoms with Gasteiger partial charge in [-0.15, -0.1) is 0 Å². The minimum atomic E-state index is -0.0786. The molecule has 0 spiro atoms. The molecule has 0 saturated carbocycles. The standard InChI is InChI=1S/C21H28N2O3/c1-14-4-6-19(16(3)10-14)25-13-18-5-7-20(26-18)21(24)23-9-8-15(2)11-17(23)12-22/h4-7,10,15,17H,8-9,11-13,22H2,1-3H3. The van der Waals surface area contributed by atoms with Crippen LogP contribution in [0, 0.1) is 19.8 Å². The lowest BCUT2D eigenvalue weighted by Gasteiger charge is -2.37. The van der Waals surface area contributed by atoms with Gasteiger partial charge in [-0.3, -0.25) is 4.79 Å². The molecule has 2 N–H and O–H groups in total. The molecule has 1 aromatic carbocycles. The molecule has 26 heavy (non-hydrogen) atoms. The Morgan fingerprint density at radius 1 is 1.31 bits per heavy atom. The van der Waals surface area contributed by atoms with Crippen LogP contribution in [0.15, 0.2) is 34.7 Å². The number of furan rings is 1. The Balaban J connectivity index is 1.64. The Bertz CT molecular complexity index is 768. The highest BCUT2D eigenvalue weighted by Gasteiger charge is 2.31. The van der Waals surface area contributed by atoms with Crippen molar-refractivity contribution in [1.29, 1.82) is 0 Å². The monoisotopic (exact) mass is 356 g/mol. The third-order valence-electron chi connectivity index (χ3n) is 5.08. The highest BCUT2D eigenvalue weighted by atomic mass is 16.5. The van der Waals surface area contributed by atoms with E-state index >= 15 is 0 Å². The van der Waals surface area contributed by atoms with Gasteiger partial charge in [-0.05, 0) is 56.4 Å². The van der Waals surface area contributed by atoms with Crippen LogP contribution in [0.5, 0.6) is 5.75 Å². The van der Waals surface area contributed by atoms with Gasteiger partial charge >= 0.3 is 0 Å². The van der Waals surface area contributed by atoms with Crippen LogP contribution in [0.2, 0.25) is 0 Å². The van der Waals surface area contributed by atoms with Gasteiger partial charge in [0, 0.05) is 19.1 Å². The van der Waals surface area contributed by atoms with E-state index in [9.17, 15) is 4.79 Å². The summed E-state index contributed by atoms with van der Waals surface area (Å²) in [4.78, 5) is 14.6. The number of hydrogen-bond acceptors (Lipinski definition) is 4. The lowest BCUT2D eigenvalue weighted by Crippen LogP contribution is -2.49. The van der Waals surface area contributed by atoms with Gasteiger partial charge in [-0.25, -0.2) is 0 Å². The summed E-state index contributed by atoms with van der Waals surface area (Å²) >= 11 is 0. The second-order valence-electron chi connectivity index (χ2n) is 7.34. The third kappa shape index (κ3) is 4.10. The zero-order valence-electron chi connectivity index (χ0n) is 15.8. The number of hydrogen-bond donors (Lipinski definition) is 1. The Morgan fingerprint density at radius 2 is 2.12 bits per heavy atom. The summed E-state index contributed by atoms with van der Waals surface area (Å²) in [5.74, 6) is 2.35. The molecule has 2 aromatic rings. The molecule has 0 bridgehead atoms. The van der Waals surface area contributed by atoms with E-state index in [2.05, 4.69) is 19.9 Å². The minimum absolute atomic E-state index is 0.0786. The molecular formula is C21H28N2O3. The summed E-state index contributed by atoms with van der Waals surface area (Å²) in [5.41, 5.74) is 8.15. The van der Waals surface area contributed by atoms with E-state index in [1.54, 1.807) is 12.1 Å². The third-order valence-corrected chi connectivity index (χ3v) is 5.08. The predicted molar refractivity (Wildman–Crippen MR) is 101 cm³/mol. The van der Waals surface area contributed by atoms with Crippen LogP contribution in [0.4, 0.5) is 0 Å². The molecule has 0 radical (unpaired) electrons. The van der Waals surface area contributed by atoms with Gasteiger partial charge < -0.3 is 19.8 Å². The molecule has 2 atom stereocenters. The number of carbonyl (C=O) groups excluding carboxylic acids is 1. The molecule has 2 unspecified atom stereocenters. The second-order valence-corrected chi connectivity index (χ2v) is 7.34. The van der Waals surface area contributed by atoms with Gasteiger partial charge in [0.25, 0.3) is 5.91 Å². The normalized spacial score (nSPS) is 20.2. The average molecular weight is 356 g/mol. The van der Waals surface area contributed by atoms with Crippen molar-refractivity contribution in [3.05, 3.63) is 53.0 Å². The van der Waals surface area contributed by atoms with E-state index in [0.717, 1.165) is 30.7 Å². The van der Waals surface area contributed by atoms with Gasteiger partial charge in [-0.1, -0.05) is 24.6 Å². The number of nitrogens with zero attached hydrogens (tertiary/aromatic N) is 1. The van der Waals surface area contributed by atoms with Crippen molar-refractivity contribution < 1.29 is 13.9 Å². The van der Waals surface area contributed by atoms with E-state index in [1.807, 2.05) is 24.0 Å². The summed E-state index contributed by atoms with van der Waals surface area (Å²) in [6.07, 6.45) is 1.96. The molecule has 1 aliphatic rings. The number of carbonyl (C=O) groups is 1. The SMILES string of the molecule is Cc1ccc(OCc2ccc(C(=O)N3CCC(C)CC3CN)o2)c(C)c1. The molecule has 0 aliphatic carbocycles. The van der Waals surface area contributed by atoms with Crippen molar-refractivity contribution in [2.24, 2.45) is 11.7 Å². The van der Waals surface area contributed by atoms with Crippen LogP contribution in [-0.4, -0.2) is 29.9 Å². The van der Waals surface area contributed by atoms with Gasteiger partial charge in [0.15, 0.2) is 5.76 Å². The fraction of sp³-hybridized carbons (Fsp3) is 0.476. The highest BCUT2D eigenvalue weighted by Crippen LogP contribution is 2.25. The number of rotatable bonds is 5. The van der Waals surface area contributed by atoms with E-state index in [-0.39, 0.29) is 11.9 Å². The topological polar surface area (TPSA) is 68.7 Å². The maximum absolute atomic E-state index is 12.8. The largest absolute Gasteiger partial charge is 0.485 e. The number of likely N-dealkylation sites (tertiary alicyclic amines) is 1. The fourth-order valence-electron chi connectivity index (χ4n) is 3.56. The van der Waals surface area contributed by atoms with Gasteiger partial charge in [0.1, 0.15) is 18.1 Å². The number of nitrogens with two attached hydrogens (primary N) is 1. The summed E-state index contributed by atoms with van der Waals surface area (Å²) in [6, 6.07) is 9.68. The molecular weight excluding hydrogens is 328 g/mol. The summed E-state index contributed by atoms with van der Waals surface area (Å²) in [5, 5.41) is 0. The summed E-state index contributed by atoms with van der Waals surface area (Å²) in [7, 11) is 0. The van der Waals surface area contributed by atoms with E-state index in [1.165, 1.54) is 5.56 Å². The van der Waals surface area contributed by atoms with Crippen LogP contribution in [0.25, 0.3) is 0 Å². The van der Waals surface area contributed by atoms with Crippen LogP contribution < -0.4 is 10.5 Å². The fourth-order valence-corrected chi connectivity index (χ4v) is 3.56. The van der Waals surface area contributed by atoms with Crippen LogP contribution >= 0.6 is 0 Å². The lowest BCUT2D eigenvalue weighted by molar-refractivity contribution is 0.0538. The zero-order chi connectivity index (χ0) is 18.7. The molecule has 140 valence electrons. The quantitative estimate of drug-likeness (QED) is 0.887. The first-order valence-electron chi connectivity index (χ1n) is 9.27. The smallest absolute Gasteiger partial charge is 0.289 e. The molecule has 2 heterocycles. The van der Waals surface area contributed by atoms with Crippen molar-refractivity contribution in [2.75, 3.05) is 13.1 Å². The average Bonchev–Trinajstić information content (AvgIpc) is 3.09. The van der Waals surface area contributed by atoms with Crippen molar-refractivity contribution in [3.8, 4) is 5.75 Å². The minimum Gasteiger partial charge on any atom is -0.485 e. The van der Waals surface area contributed by atoms with Crippen molar-refractivity contribution >= 4 is 5.91 Å². The van der Waals surface area contributed by atoms with Crippen molar-refractivity contribution in [2.45, 2.75) is 46.3 Å². The molecule has 1 amide bonds. The molecule has 3 rings (SSSR count). The first kappa shape index (κ1) is 18.5. The predicted octanol–water partition coefficient (Wildman–Crippen LogP) is 3.67. The zero-order valence-corrected chi connectivity index (χ0v) is 15.8. The second kappa shape index (κ2) is 7.96. The molecule has 1 fully saturated rings. The van der Waals surface area contributed by atoms with Crippen molar-refractivity contribution in [1.82, 2.24) is 4.90 Å². The molecule has 1 aliphatic heterocycles. The number of aryl methyl sites for hydroxylation is 2.